The summed E-state index contributed by atoms with van der Waals surface area (Å²) in [5.74, 6) is 0.738. The number of carbonyl (C=O) groups is 2. The largest absolute Gasteiger partial charge is 0.507 e. The summed E-state index contributed by atoms with van der Waals surface area (Å²) in [6.07, 6.45) is 0.870. The van der Waals surface area contributed by atoms with Gasteiger partial charge in [0, 0.05) is 12.1 Å². The third-order valence-electron chi connectivity index (χ3n) is 6.34. The molecule has 2 aliphatic heterocycles. The number of ether oxygens (including phenoxy) is 4. The van der Waals surface area contributed by atoms with Crippen molar-refractivity contribution in [3.8, 4) is 23.0 Å². The highest BCUT2D eigenvalue weighted by atomic mass is 16.7. The van der Waals surface area contributed by atoms with E-state index >= 15 is 0 Å². The number of hydrogen-bond acceptors (Lipinski definition) is 7. The van der Waals surface area contributed by atoms with Crippen LogP contribution in [0.2, 0.25) is 0 Å². The molecule has 1 saturated heterocycles. The van der Waals surface area contributed by atoms with Crippen LogP contribution in [0.1, 0.15) is 36.1 Å². The van der Waals surface area contributed by atoms with Crippen LogP contribution in [0.15, 0.2) is 72.3 Å². The average Bonchev–Trinajstić information content (AvgIpc) is 3.50. The fraction of sp³-hybridized carbons (Fsp3) is 0.241. The number of fused-ring (bicyclic) bond motifs is 1. The quantitative estimate of drug-likeness (QED) is 0.268. The molecule has 2 heterocycles. The van der Waals surface area contributed by atoms with E-state index in [1.807, 2.05) is 13.0 Å². The molecule has 8 nitrogen and oxygen atoms in total. The molecule has 1 N–H and O–H groups in total. The number of nitrogens with zero attached hydrogens (tertiary/aromatic N) is 1. The lowest BCUT2D eigenvalue weighted by Crippen LogP contribution is -2.29. The molecule has 5 rings (SSSR count). The molecule has 3 aromatic rings. The summed E-state index contributed by atoms with van der Waals surface area (Å²) in [7, 11) is 1.55. The summed E-state index contributed by atoms with van der Waals surface area (Å²) < 4.78 is 21.9. The molecule has 0 aromatic heterocycles. The van der Waals surface area contributed by atoms with E-state index < -0.39 is 17.7 Å². The van der Waals surface area contributed by atoms with Gasteiger partial charge < -0.3 is 29.0 Å². The molecule has 0 saturated carbocycles. The minimum absolute atomic E-state index is 0.0150. The molecule has 3 aromatic carbocycles. The summed E-state index contributed by atoms with van der Waals surface area (Å²) in [6.45, 7) is 2.85. The number of carbonyl (C=O) groups excluding carboxylic acids is 2. The zero-order valence-electron chi connectivity index (χ0n) is 20.6. The van der Waals surface area contributed by atoms with Crippen molar-refractivity contribution in [2.75, 3.05) is 20.5 Å². The smallest absolute Gasteiger partial charge is 0.295 e. The van der Waals surface area contributed by atoms with E-state index in [0.717, 1.165) is 12.0 Å². The molecule has 0 spiro atoms. The zero-order chi connectivity index (χ0) is 25.9. The number of benzene rings is 3. The molecular formula is C29H27NO7. The van der Waals surface area contributed by atoms with Crippen molar-refractivity contribution in [3.05, 3.63) is 89.0 Å². The first-order valence-corrected chi connectivity index (χ1v) is 12.0. The van der Waals surface area contributed by atoms with Crippen LogP contribution in [0.3, 0.4) is 0 Å². The zero-order valence-corrected chi connectivity index (χ0v) is 20.6. The molecular weight excluding hydrogens is 474 g/mol. The monoisotopic (exact) mass is 501 g/mol. The topological polar surface area (TPSA) is 94.5 Å². The standard InChI is InChI=1S/C29H27NO7/c1-3-13-35-21-10-8-19(9-11-21)27(31)25-26(20-5-4-6-22(15-20)34-2)30(29(33)28(25)32)16-18-7-12-23-24(14-18)37-17-36-23/h4-12,14-15,26,31H,3,13,16-17H2,1-2H3/b27-25+. The second kappa shape index (κ2) is 10.3. The molecule has 190 valence electrons. The highest BCUT2D eigenvalue weighted by Gasteiger charge is 2.46. The second-order valence-electron chi connectivity index (χ2n) is 8.76. The molecule has 8 heteroatoms. The normalized spacial score (nSPS) is 17.8. The number of rotatable bonds is 8. The lowest BCUT2D eigenvalue weighted by Gasteiger charge is -2.26. The van der Waals surface area contributed by atoms with Gasteiger partial charge >= 0.3 is 0 Å². The fourth-order valence-corrected chi connectivity index (χ4v) is 4.52. The van der Waals surface area contributed by atoms with Gasteiger partial charge in [0.2, 0.25) is 6.79 Å². The Morgan fingerprint density at radius 1 is 1.00 bits per heavy atom. The fourth-order valence-electron chi connectivity index (χ4n) is 4.52. The van der Waals surface area contributed by atoms with Gasteiger partial charge in [-0.05, 0) is 66.1 Å². The summed E-state index contributed by atoms with van der Waals surface area (Å²) in [6, 6.07) is 18.5. The predicted octanol–water partition coefficient (Wildman–Crippen LogP) is 4.83. The van der Waals surface area contributed by atoms with Crippen molar-refractivity contribution in [3.63, 3.8) is 0 Å². The van der Waals surface area contributed by atoms with Crippen molar-refractivity contribution in [1.82, 2.24) is 4.90 Å². The van der Waals surface area contributed by atoms with Gasteiger partial charge in [0.1, 0.15) is 17.3 Å². The number of amides is 1. The SMILES string of the molecule is CCCOc1ccc(/C(O)=C2\C(=O)C(=O)N(Cc3ccc4c(c3)OCO4)C2c2cccc(OC)c2)cc1. The van der Waals surface area contributed by atoms with Crippen molar-refractivity contribution < 1.29 is 33.6 Å². The number of ketones is 1. The van der Waals surface area contributed by atoms with Gasteiger partial charge in [-0.25, -0.2) is 0 Å². The van der Waals surface area contributed by atoms with E-state index in [1.165, 1.54) is 4.90 Å². The average molecular weight is 502 g/mol. The van der Waals surface area contributed by atoms with Crippen molar-refractivity contribution in [2.45, 2.75) is 25.9 Å². The van der Waals surface area contributed by atoms with Crippen LogP contribution >= 0.6 is 0 Å². The first-order valence-electron chi connectivity index (χ1n) is 12.0. The molecule has 37 heavy (non-hydrogen) atoms. The van der Waals surface area contributed by atoms with Crippen LogP contribution in [0.5, 0.6) is 23.0 Å². The molecule has 1 unspecified atom stereocenters. The number of likely N-dealkylation sites (tertiary alicyclic amines) is 1. The molecule has 1 atom stereocenters. The van der Waals surface area contributed by atoms with Gasteiger partial charge in [-0.15, -0.1) is 0 Å². The maximum absolute atomic E-state index is 13.3. The molecule has 1 amide bonds. The molecule has 1 fully saturated rings. The third kappa shape index (κ3) is 4.70. The summed E-state index contributed by atoms with van der Waals surface area (Å²) in [4.78, 5) is 28.1. The number of aliphatic hydroxyl groups is 1. The Kier molecular flexibility index (Phi) is 6.72. The van der Waals surface area contributed by atoms with Crippen LogP contribution in [-0.4, -0.2) is 42.2 Å². The van der Waals surface area contributed by atoms with E-state index in [4.69, 9.17) is 18.9 Å². The Balaban J connectivity index is 1.57. The Morgan fingerprint density at radius 3 is 2.54 bits per heavy atom. The number of Topliss-reactive ketones (excluding diaryl/α,β-unsaturated/α-hetero) is 1. The van der Waals surface area contributed by atoms with E-state index in [0.29, 0.717) is 40.7 Å². The molecule has 0 aliphatic carbocycles. The van der Waals surface area contributed by atoms with Crippen LogP contribution in [0.25, 0.3) is 5.76 Å². The Morgan fingerprint density at radius 2 is 1.78 bits per heavy atom. The van der Waals surface area contributed by atoms with E-state index in [2.05, 4.69) is 0 Å². The summed E-state index contributed by atoms with van der Waals surface area (Å²) in [5.41, 5.74) is 1.83. The van der Waals surface area contributed by atoms with Crippen LogP contribution in [0.4, 0.5) is 0 Å². The minimum Gasteiger partial charge on any atom is -0.507 e. The number of hydrogen-bond donors (Lipinski definition) is 1. The van der Waals surface area contributed by atoms with Crippen molar-refractivity contribution in [2.24, 2.45) is 0 Å². The Labute approximate surface area is 214 Å². The van der Waals surface area contributed by atoms with E-state index in [-0.39, 0.29) is 24.7 Å². The molecule has 0 radical (unpaired) electrons. The van der Waals surface area contributed by atoms with Gasteiger partial charge in [0.05, 0.1) is 25.3 Å². The maximum atomic E-state index is 13.3. The lowest BCUT2D eigenvalue weighted by atomic mass is 9.95. The molecule has 2 aliphatic rings. The van der Waals surface area contributed by atoms with Gasteiger partial charge in [-0.1, -0.05) is 25.1 Å². The van der Waals surface area contributed by atoms with Crippen molar-refractivity contribution in [1.29, 1.82) is 0 Å². The van der Waals surface area contributed by atoms with E-state index in [9.17, 15) is 14.7 Å². The second-order valence-corrected chi connectivity index (χ2v) is 8.76. The minimum atomic E-state index is -0.823. The number of aliphatic hydroxyl groups excluding tert-OH is 1. The summed E-state index contributed by atoms with van der Waals surface area (Å²) in [5, 5.41) is 11.3. The van der Waals surface area contributed by atoms with Gasteiger partial charge in [-0.2, -0.15) is 0 Å². The molecule has 0 bridgehead atoms. The van der Waals surface area contributed by atoms with Gasteiger partial charge in [0.25, 0.3) is 11.7 Å². The first kappa shape index (κ1) is 24.2. The third-order valence-corrected chi connectivity index (χ3v) is 6.34. The van der Waals surface area contributed by atoms with Crippen LogP contribution < -0.4 is 18.9 Å². The van der Waals surface area contributed by atoms with Gasteiger partial charge in [-0.3, -0.25) is 9.59 Å². The Bertz CT molecular complexity index is 1360. The predicted molar refractivity (Wildman–Crippen MR) is 136 cm³/mol. The van der Waals surface area contributed by atoms with Crippen molar-refractivity contribution >= 4 is 17.4 Å². The van der Waals surface area contributed by atoms with Crippen LogP contribution in [-0.2, 0) is 16.1 Å². The maximum Gasteiger partial charge on any atom is 0.295 e. The van der Waals surface area contributed by atoms with Crippen LogP contribution in [0, 0.1) is 0 Å². The lowest BCUT2D eigenvalue weighted by molar-refractivity contribution is -0.140. The highest BCUT2D eigenvalue weighted by molar-refractivity contribution is 6.46. The Hall–Kier alpha value is -4.46. The first-order chi connectivity index (χ1) is 18.0. The number of methoxy groups -OCH3 is 1. The highest BCUT2D eigenvalue weighted by Crippen LogP contribution is 2.42. The summed E-state index contributed by atoms with van der Waals surface area (Å²) >= 11 is 0. The van der Waals surface area contributed by atoms with E-state index in [1.54, 1.807) is 67.8 Å². The van der Waals surface area contributed by atoms with Gasteiger partial charge in [0.15, 0.2) is 11.5 Å².